The minimum absolute atomic E-state index is 0.540. The highest BCUT2D eigenvalue weighted by molar-refractivity contribution is 5.43. The van der Waals surface area contributed by atoms with Crippen LogP contribution in [0.1, 0.15) is 54.8 Å². The van der Waals surface area contributed by atoms with Gasteiger partial charge in [-0.25, -0.2) is 0 Å². The number of aryl methyl sites for hydroxylation is 1. The second-order valence-electron chi connectivity index (χ2n) is 8.65. The first-order valence-corrected chi connectivity index (χ1v) is 10.7. The molecule has 29 heavy (non-hydrogen) atoms. The van der Waals surface area contributed by atoms with Crippen molar-refractivity contribution in [3.63, 3.8) is 0 Å². The third kappa shape index (κ3) is 3.38. The third-order valence-corrected chi connectivity index (χ3v) is 6.97. The Morgan fingerprint density at radius 3 is 2.52 bits per heavy atom. The van der Waals surface area contributed by atoms with Crippen LogP contribution in [0.2, 0.25) is 0 Å². The average molecular weight is 389 g/mol. The molecule has 0 radical (unpaired) electrons. The number of piperidine rings is 2. The summed E-state index contributed by atoms with van der Waals surface area (Å²) in [6.07, 6.45) is 9.64. The second-order valence-corrected chi connectivity index (χ2v) is 8.65. The van der Waals surface area contributed by atoms with E-state index in [0.717, 1.165) is 36.2 Å². The van der Waals surface area contributed by atoms with Crippen molar-refractivity contribution in [1.29, 1.82) is 0 Å². The molecule has 4 heterocycles. The maximum atomic E-state index is 5.86. The monoisotopic (exact) mass is 388 g/mol. The summed E-state index contributed by atoms with van der Waals surface area (Å²) >= 11 is 0. The topological polar surface area (TPSA) is 55.1 Å². The van der Waals surface area contributed by atoms with Crippen molar-refractivity contribution >= 4 is 0 Å². The van der Waals surface area contributed by atoms with Crippen LogP contribution in [0.25, 0.3) is 0 Å². The molecule has 2 saturated heterocycles. The number of nitrogens with zero attached hydrogens (tertiary/aromatic N) is 4. The molecule has 2 aliphatic heterocycles. The van der Waals surface area contributed by atoms with Crippen LogP contribution >= 0.6 is 0 Å². The number of aromatic nitrogens is 3. The van der Waals surface area contributed by atoms with Gasteiger partial charge in [0.1, 0.15) is 5.41 Å². The van der Waals surface area contributed by atoms with E-state index in [0.29, 0.717) is 5.89 Å². The fourth-order valence-corrected chi connectivity index (χ4v) is 5.33. The van der Waals surface area contributed by atoms with Gasteiger partial charge in [0.2, 0.25) is 12.3 Å². The molecule has 1 aromatic carbocycles. The van der Waals surface area contributed by atoms with E-state index in [1.54, 1.807) is 0 Å². The first-order chi connectivity index (χ1) is 14.3. The van der Waals surface area contributed by atoms with Crippen LogP contribution in [0.15, 0.2) is 59.5 Å². The molecule has 0 N–H and O–H groups in total. The molecule has 150 valence electrons. The van der Waals surface area contributed by atoms with Gasteiger partial charge in [0, 0.05) is 25.3 Å². The van der Waals surface area contributed by atoms with Crippen molar-refractivity contribution in [2.75, 3.05) is 13.1 Å². The van der Waals surface area contributed by atoms with Crippen LogP contribution in [0.4, 0.5) is 0 Å². The van der Waals surface area contributed by atoms with Gasteiger partial charge in [0.15, 0.2) is 0 Å². The van der Waals surface area contributed by atoms with Gasteiger partial charge >= 0.3 is 0 Å². The third-order valence-electron chi connectivity index (χ3n) is 6.97. The summed E-state index contributed by atoms with van der Waals surface area (Å²) in [5, 5.41) is 8.43. The standard InChI is InChI=1S/C24H28N4O/c1-18-5-9-20(10-6-18)24(23-27-26-17-29-23,22-4-2-3-14-25-22)13-15-28-16-19-7-11-21(28)12-8-19/h2-6,9-10,14,17,19,21H,7-8,11-13,15-16H2,1H3. The van der Waals surface area contributed by atoms with Gasteiger partial charge < -0.3 is 9.32 Å². The fourth-order valence-electron chi connectivity index (χ4n) is 5.33. The minimum Gasteiger partial charge on any atom is -0.427 e. The molecular formula is C24H28N4O. The Kier molecular flexibility index (Phi) is 4.92. The van der Waals surface area contributed by atoms with Gasteiger partial charge in [0.25, 0.3) is 0 Å². The number of benzene rings is 1. The van der Waals surface area contributed by atoms with Crippen LogP contribution in [0.5, 0.6) is 0 Å². The van der Waals surface area contributed by atoms with Crippen molar-refractivity contribution in [3.8, 4) is 0 Å². The lowest BCUT2D eigenvalue weighted by Crippen LogP contribution is -2.49. The number of fused-ring (bicyclic) bond motifs is 3. The first kappa shape index (κ1) is 18.5. The lowest BCUT2D eigenvalue weighted by atomic mass is 9.73. The van der Waals surface area contributed by atoms with Crippen LogP contribution in [0.3, 0.4) is 0 Å². The summed E-state index contributed by atoms with van der Waals surface area (Å²) in [7, 11) is 0. The molecule has 1 saturated carbocycles. The summed E-state index contributed by atoms with van der Waals surface area (Å²) in [5.74, 6) is 1.49. The normalized spacial score (nSPS) is 23.8. The van der Waals surface area contributed by atoms with Gasteiger partial charge in [-0.15, -0.1) is 10.2 Å². The SMILES string of the molecule is Cc1ccc(C(CCN2CC3CCC2CC3)(c2ccccn2)c2nnco2)cc1. The molecule has 3 aromatic rings. The zero-order valence-corrected chi connectivity index (χ0v) is 17.0. The van der Waals surface area contributed by atoms with E-state index in [1.165, 1.54) is 44.2 Å². The van der Waals surface area contributed by atoms with Crippen LogP contribution in [0, 0.1) is 12.8 Å². The smallest absolute Gasteiger partial charge is 0.232 e. The number of hydrogen-bond donors (Lipinski definition) is 0. The lowest BCUT2D eigenvalue weighted by Gasteiger charge is -2.46. The number of rotatable bonds is 6. The van der Waals surface area contributed by atoms with Gasteiger partial charge in [0.05, 0.1) is 5.69 Å². The first-order valence-electron chi connectivity index (χ1n) is 10.7. The summed E-state index contributed by atoms with van der Waals surface area (Å²) in [5.41, 5.74) is 2.83. The van der Waals surface area contributed by atoms with Gasteiger partial charge in [-0.3, -0.25) is 4.98 Å². The predicted octanol–water partition coefficient (Wildman–Crippen LogP) is 4.37. The second kappa shape index (κ2) is 7.71. The van der Waals surface area contributed by atoms with Crippen molar-refractivity contribution in [3.05, 3.63) is 77.8 Å². The van der Waals surface area contributed by atoms with Crippen LogP contribution < -0.4 is 0 Å². The molecule has 1 atom stereocenters. The lowest BCUT2D eigenvalue weighted by molar-refractivity contribution is 0.0444. The highest BCUT2D eigenvalue weighted by atomic mass is 16.4. The summed E-state index contributed by atoms with van der Waals surface area (Å²) in [6.45, 7) is 4.35. The average Bonchev–Trinajstić information content (AvgIpc) is 3.32. The van der Waals surface area contributed by atoms with E-state index in [2.05, 4.69) is 52.4 Å². The van der Waals surface area contributed by atoms with E-state index < -0.39 is 5.41 Å². The largest absolute Gasteiger partial charge is 0.427 e. The van der Waals surface area contributed by atoms with Gasteiger partial charge in [-0.2, -0.15) is 0 Å². The Bertz CT molecular complexity index is 917. The summed E-state index contributed by atoms with van der Waals surface area (Å²) in [4.78, 5) is 7.47. The summed E-state index contributed by atoms with van der Waals surface area (Å²) in [6, 6.07) is 15.5. The quantitative estimate of drug-likeness (QED) is 0.627. The Balaban J connectivity index is 1.57. The highest BCUT2D eigenvalue weighted by Crippen LogP contribution is 2.42. The van der Waals surface area contributed by atoms with Crippen LogP contribution in [-0.4, -0.2) is 39.2 Å². The van der Waals surface area contributed by atoms with Crippen molar-refractivity contribution in [2.45, 2.75) is 50.5 Å². The maximum Gasteiger partial charge on any atom is 0.232 e. The van der Waals surface area contributed by atoms with Crippen molar-refractivity contribution < 1.29 is 4.42 Å². The summed E-state index contributed by atoms with van der Waals surface area (Å²) < 4.78 is 5.86. The van der Waals surface area contributed by atoms with E-state index in [1.807, 2.05) is 18.3 Å². The predicted molar refractivity (Wildman–Crippen MR) is 112 cm³/mol. The molecule has 5 heteroatoms. The van der Waals surface area contributed by atoms with Crippen molar-refractivity contribution in [2.24, 2.45) is 5.92 Å². The van der Waals surface area contributed by atoms with E-state index in [4.69, 9.17) is 9.40 Å². The Morgan fingerprint density at radius 1 is 1.07 bits per heavy atom. The Labute approximate surface area is 172 Å². The molecule has 2 bridgehead atoms. The zero-order valence-electron chi connectivity index (χ0n) is 17.0. The molecule has 2 aromatic heterocycles. The molecule has 1 unspecified atom stereocenters. The molecule has 0 spiro atoms. The Morgan fingerprint density at radius 2 is 1.90 bits per heavy atom. The number of hydrogen-bond acceptors (Lipinski definition) is 5. The molecule has 5 nitrogen and oxygen atoms in total. The zero-order chi connectivity index (χ0) is 19.7. The highest BCUT2D eigenvalue weighted by Gasteiger charge is 2.44. The molecule has 3 aliphatic rings. The van der Waals surface area contributed by atoms with E-state index in [9.17, 15) is 0 Å². The molecule has 3 fully saturated rings. The van der Waals surface area contributed by atoms with Gasteiger partial charge in [-0.05, 0) is 62.6 Å². The minimum atomic E-state index is -0.540. The molecule has 1 aliphatic carbocycles. The van der Waals surface area contributed by atoms with E-state index >= 15 is 0 Å². The molecular weight excluding hydrogens is 360 g/mol. The molecule has 6 rings (SSSR count). The molecule has 0 amide bonds. The van der Waals surface area contributed by atoms with Gasteiger partial charge in [-0.1, -0.05) is 35.9 Å². The van der Waals surface area contributed by atoms with Crippen LogP contribution in [-0.2, 0) is 5.41 Å². The fraction of sp³-hybridized carbons (Fsp3) is 0.458. The number of pyridine rings is 1. The maximum absolute atomic E-state index is 5.86. The van der Waals surface area contributed by atoms with Crippen molar-refractivity contribution in [1.82, 2.24) is 20.1 Å². The van der Waals surface area contributed by atoms with E-state index in [-0.39, 0.29) is 0 Å². The Hall–Kier alpha value is -2.53.